The number of aromatic nitrogens is 3. The molecule has 0 N–H and O–H groups in total. The Morgan fingerprint density at radius 1 is 1.11 bits per heavy atom. The number of carbonyl (C=O) groups excluding carboxylic acids is 1. The van der Waals surface area contributed by atoms with Gasteiger partial charge in [0.15, 0.2) is 17.8 Å². The lowest BCUT2D eigenvalue weighted by Crippen LogP contribution is -1.92. The van der Waals surface area contributed by atoms with Crippen molar-refractivity contribution in [2.24, 2.45) is 0 Å². The molecule has 0 spiro atoms. The number of hydrogen-bond donors (Lipinski definition) is 0. The van der Waals surface area contributed by atoms with Crippen molar-refractivity contribution in [3.8, 4) is 11.4 Å². The van der Waals surface area contributed by atoms with Crippen LogP contribution in [-0.2, 0) is 0 Å². The summed E-state index contributed by atoms with van der Waals surface area (Å²) >= 11 is 3.49. The van der Waals surface area contributed by atoms with E-state index in [1.807, 2.05) is 28.7 Å². The summed E-state index contributed by atoms with van der Waals surface area (Å²) in [5, 5.41) is 8.26. The van der Waals surface area contributed by atoms with E-state index >= 15 is 0 Å². The van der Waals surface area contributed by atoms with Gasteiger partial charge < -0.3 is 0 Å². The molecule has 0 fully saturated rings. The SMILES string of the molecule is O=Cc1ccc2nnc(-c3ccccc3Br)n2c1. The zero-order valence-corrected chi connectivity index (χ0v) is 10.8. The third-order valence-corrected chi connectivity index (χ3v) is 3.37. The molecule has 5 heteroatoms. The van der Waals surface area contributed by atoms with Gasteiger partial charge in [-0.25, -0.2) is 0 Å². The predicted molar refractivity (Wildman–Crippen MR) is 71.5 cm³/mol. The standard InChI is InChI=1S/C13H8BrN3O/c14-11-4-2-1-3-10(11)13-16-15-12-6-5-9(8-18)7-17(12)13/h1-8H. The Kier molecular flexibility index (Phi) is 2.68. The first kappa shape index (κ1) is 11.1. The molecule has 2 aromatic heterocycles. The Labute approximate surface area is 111 Å². The number of nitrogens with zero attached hydrogens (tertiary/aromatic N) is 3. The van der Waals surface area contributed by atoms with Gasteiger partial charge in [0.2, 0.25) is 0 Å². The van der Waals surface area contributed by atoms with E-state index in [2.05, 4.69) is 26.1 Å². The summed E-state index contributed by atoms with van der Waals surface area (Å²) in [6.07, 6.45) is 2.54. The molecule has 18 heavy (non-hydrogen) atoms. The normalized spacial score (nSPS) is 10.7. The average molecular weight is 302 g/mol. The largest absolute Gasteiger partial charge is 0.298 e. The first-order chi connectivity index (χ1) is 8.79. The van der Waals surface area contributed by atoms with Crippen LogP contribution in [0.3, 0.4) is 0 Å². The van der Waals surface area contributed by atoms with E-state index in [9.17, 15) is 4.79 Å². The van der Waals surface area contributed by atoms with Gasteiger partial charge in [0.25, 0.3) is 0 Å². The number of fused-ring (bicyclic) bond motifs is 1. The second kappa shape index (κ2) is 4.34. The summed E-state index contributed by atoms with van der Waals surface area (Å²) in [6, 6.07) is 11.3. The Bertz CT molecular complexity index is 736. The van der Waals surface area contributed by atoms with Crippen molar-refractivity contribution in [3.05, 3.63) is 52.6 Å². The van der Waals surface area contributed by atoms with Crippen molar-refractivity contribution in [2.75, 3.05) is 0 Å². The number of carbonyl (C=O) groups is 1. The van der Waals surface area contributed by atoms with Crippen LogP contribution in [0.5, 0.6) is 0 Å². The van der Waals surface area contributed by atoms with Crippen molar-refractivity contribution in [1.29, 1.82) is 0 Å². The van der Waals surface area contributed by atoms with Gasteiger partial charge in [0.05, 0.1) is 0 Å². The minimum Gasteiger partial charge on any atom is -0.298 e. The van der Waals surface area contributed by atoms with E-state index in [1.54, 1.807) is 18.3 Å². The Hall–Kier alpha value is -2.01. The smallest absolute Gasteiger partial charge is 0.169 e. The van der Waals surface area contributed by atoms with Crippen LogP contribution in [0.15, 0.2) is 47.1 Å². The fourth-order valence-electron chi connectivity index (χ4n) is 1.80. The summed E-state index contributed by atoms with van der Waals surface area (Å²) < 4.78 is 2.75. The quantitative estimate of drug-likeness (QED) is 0.684. The van der Waals surface area contributed by atoms with Crippen molar-refractivity contribution in [2.45, 2.75) is 0 Å². The first-order valence-electron chi connectivity index (χ1n) is 5.34. The van der Waals surface area contributed by atoms with Gasteiger partial charge in [-0.1, -0.05) is 34.1 Å². The lowest BCUT2D eigenvalue weighted by Gasteiger charge is -2.02. The van der Waals surface area contributed by atoms with E-state index in [4.69, 9.17) is 0 Å². The number of halogens is 1. The van der Waals surface area contributed by atoms with E-state index < -0.39 is 0 Å². The third kappa shape index (κ3) is 1.73. The molecule has 0 unspecified atom stereocenters. The Morgan fingerprint density at radius 3 is 2.72 bits per heavy atom. The van der Waals surface area contributed by atoms with Gasteiger partial charge in [-0.3, -0.25) is 9.20 Å². The molecule has 0 saturated heterocycles. The molecule has 0 bridgehead atoms. The average Bonchev–Trinajstić information content (AvgIpc) is 2.82. The summed E-state index contributed by atoms with van der Waals surface area (Å²) in [5.74, 6) is 0.709. The summed E-state index contributed by atoms with van der Waals surface area (Å²) in [7, 11) is 0. The fourth-order valence-corrected chi connectivity index (χ4v) is 2.27. The fraction of sp³-hybridized carbons (Fsp3) is 0. The molecule has 2 heterocycles. The molecule has 0 saturated carbocycles. The number of pyridine rings is 1. The van der Waals surface area contributed by atoms with Gasteiger partial charge in [0, 0.05) is 21.8 Å². The van der Waals surface area contributed by atoms with Crippen molar-refractivity contribution in [1.82, 2.24) is 14.6 Å². The zero-order valence-electron chi connectivity index (χ0n) is 9.25. The van der Waals surface area contributed by atoms with Crippen LogP contribution in [0.2, 0.25) is 0 Å². The number of hydrogen-bond acceptors (Lipinski definition) is 3. The van der Waals surface area contributed by atoms with Gasteiger partial charge in [-0.05, 0) is 18.2 Å². The lowest BCUT2D eigenvalue weighted by atomic mass is 10.2. The Morgan fingerprint density at radius 2 is 1.94 bits per heavy atom. The first-order valence-corrected chi connectivity index (χ1v) is 6.14. The molecule has 3 aromatic rings. The van der Waals surface area contributed by atoms with Crippen molar-refractivity contribution in [3.63, 3.8) is 0 Å². The van der Waals surface area contributed by atoms with Crippen molar-refractivity contribution >= 4 is 27.9 Å². The molecule has 0 aliphatic carbocycles. The number of rotatable bonds is 2. The van der Waals surface area contributed by atoms with Crippen LogP contribution in [0.25, 0.3) is 17.0 Å². The van der Waals surface area contributed by atoms with Crippen molar-refractivity contribution < 1.29 is 4.79 Å². The van der Waals surface area contributed by atoms with Gasteiger partial charge >= 0.3 is 0 Å². The van der Waals surface area contributed by atoms with E-state index in [-0.39, 0.29) is 0 Å². The van der Waals surface area contributed by atoms with Gasteiger partial charge in [0.1, 0.15) is 0 Å². The lowest BCUT2D eigenvalue weighted by molar-refractivity contribution is 0.112. The molecule has 0 aliphatic rings. The van der Waals surface area contributed by atoms with Crippen LogP contribution < -0.4 is 0 Å². The molecule has 0 atom stereocenters. The molecule has 0 radical (unpaired) electrons. The van der Waals surface area contributed by atoms with E-state index in [0.29, 0.717) is 17.0 Å². The summed E-state index contributed by atoms with van der Waals surface area (Å²) in [4.78, 5) is 10.8. The van der Waals surface area contributed by atoms with E-state index in [1.165, 1.54) is 0 Å². The monoisotopic (exact) mass is 301 g/mol. The summed E-state index contributed by atoms with van der Waals surface area (Å²) in [5.41, 5.74) is 2.25. The molecular formula is C13H8BrN3O. The minimum atomic E-state index is 0.593. The second-order valence-electron chi connectivity index (χ2n) is 3.81. The van der Waals surface area contributed by atoms with Gasteiger partial charge in [-0.15, -0.1) is 10.2 Å². The molecule has 0 amide bonds. The predicted octanol–water partition coefficient (Wildman–Crippen LogP) is 2.97. The summed E-state index contributed by atoms with van der Waals surface area (Å²) in [6.45, 7) is 0. The Balaban J connectivity index is 2.29. The second-order valence-corrected chi connectivity index (χ2v) is 4.67. The maximum Gasteiger partial charge on any atom is 0.169 e. The van der Waals surface area contributed by atoms with Crippen LogP contribution in [0, 0.1) is 0 Å². The van der Waals surface area contributed by atoms with Crippen LogP contribution in [-0.4, -0.2) is 20.9 Å². The van der Waals surface area contributed by atoms with E-state index in [0.717, 1.165) is 16.3 Å². The number of aldehydes is 1. The molecular weight excluding hydrogens is 294 g/mol. The maximum atomic E-state index is 10.8. The highest BCUT2D eigenvalue weighted by Crippen LogP contribution is 2.26. The highest BCUT2D eigenvalue weighted by Gasteiger charge is 2.10. The number of benzene rings is 1. The molecule has 4 nitrogen and oxygen atoms in total. The minimum absolute atomic E-state index is 0.593. The maximum absolute atomic E-state index is 10.8. The van der Waals surface area contributed by atoms with Crippen LogP contribution in [0.1, 0.15) is 10.4 Å². The van der Waals surface area contributed by atoms with Crippen LogP contribution >= 0.6 is 15.9 Å². The molecule has 3 rings (SSSR count). The molecule has 0 aliphatic heterocycles. The zero-order chi connectivity index (χ0) is 12.5. The topological polar surface area (TPSA) is 47.3 Å². The molecule has 1 aromatic carbocycles. The highest BCUT2D eigenvalue weighted by molar-refractivity contribution is 9.10. The third-order valence-electron chi connectivity index (χ3n) is 2.68. The highest BCUT2D eigenvalue weighted by atomic mass is 79.9. The van der Waals surface area contributed by atoms with Crippen LogP contribution in [0.4, 0.5) is 0 Å². The van der Waals surface area contributed by atoms with Gasteiger partial charge in [-0.2, -0.15) is 0 Å². The molecule has 88 valence electrons.